The van der Waals surface area contributed by atoms with Crippen molar-refractivity contribution in [2.75, 3.05) is 37.7 Å². The molecule has 0 unspecified atom stereocenters. The molecule has 0 atom stereocenters. The highest BCUT2D eigenvalue weighted by molar-refractivity contribution is 5.75. The van der Waals surface area contributed by atoms with Crippen LogP contribution >= 0.6 is 0 Å². The van der Waals surface area contributed by atoms with Crippen molar-refractivity contribution in [3.63, 3.8) is 0 Å². The summed E-state index contributed by atoms with van der Waals surface area (Å²) in [6, 6.07) is 9.79. The average Bonchev–Trinajstić information content (AvgIpc) is 3.31. The van der Waals surface area contributed by atoms with Crippen LogP contribution in [0.4, 0.5) is 19.1 Å². The number of rotatable bonds is 7. The van der Waals surface area contributed by atoms with E-state index in [2.05, 4.69) is 22.1 Å². The van der Waals surface area contributed by atoms with E-state index < -0.39 is 17.8 Å². The number of fused-ring (bicyclic) bond motifs is 1. The fourth-order valence-corrected chi connectivity index (χ4v) is 3.89. The molecule has 1 aliphatic rings. The van der Waals surface area contributed by atoms with Crippen molar-refractivity contribution >= 4 is 23.1 Å². The molecule has 210 valence electrons. The number of carboxylic acids is 1. The van der Waals surface area contributed by atoms with E-state index in [9.17, 15) is 22.8 Å². The number of anilines is 1. The third kappa shape index (κ3) is 7.27. The topological polar surface area (TPSA) is 124 Å². The van der Waals surface area contributed by atoms with Gasteiger partial charge in [-0.2, -0.15) is 18.2 Å². The Hall–Kier alpha value is -4.09. The molecule has 0 amide bonds. The molecular formula is C25H29F3N6O5. The first kappa shape index (κ1) is 29.5. The van der Waals surface area contributed by atoms with Crippen LogP contribution in [0, 0.1) is 11.8 Å². The van der Waals surface area contributed by atoms with Crippen LogP contribution in [0.1, 0.15) is 12.5 Å². The number of benzene rings is 1. The Balaban J connectivity index is 0.000000532. The van der Waals surface area contributed by atoms with Gasteiger partial charge in [0.05, 0.1) is 26.3 Å². The molecule has 2 N–H and O–H groups in total. The number of aliphatic carboxylic acids is 1. The van der Waals surface area contributed by atoms with Gasteiger partial charge in [-0.25, -0.2) is 9.59 Å². The highest BCUT2D eigenvalue weighted by Crippen LogP contribution is 2.20. The highest BCUT2D eigenvalue weighted by Gasteiger charge is 2.38. The van der Waals surface area contributed by atoms with Crippen LogP contribution < -0.4 is 21.5 Å². The lowest BCUT2D eigenvalue weighted by Gasteiger charge is -2.28. The Morgan fingerprint density at radius 2 is 1.79 bits per heavy atom. The van der Waals surface area contributed by atoms with Crippen LogP contribution in [-0.2, 0) is 36.3 Å². The first-order valence-electron chi connectivity index (χ1n) is 12.0. The third-order valence-electron chi connectivity index (χ3n) is 5.84. The number of aromatic nitrogens is 4. The summed E-state index contributed by atoms with van der Waals surface area (Å²) in [6.07, 6.45) is -5.08. The molecule has 39 heavy (non-hydrogen) atoms. The monoisotopic (exact) mass is 550 g/mol. The summed E-state index contributed by atoms with van der Waals surface area (Å²) < 4.78 is 42.0. The van der Waals surface area contributed by atoms with Crippen molar-refractivity contribution in [1.29, 1.82) is 0 Å². The van der Waals surface area contributed by atoms with Crippen molar-refractivity contribution in [1.82, 2.24) is 24.0 Å². The average molecular weight is 551 g/mol. The fourth-order valence-electron chi connectivity index (χ4n) is 3.89. The molecule has 1 aliphatic heterocycles. The molecule has 1 saturated heterocycles. The molecule has 1 fully saturated rings. The first-order valence-corrected chi connectivity index (χ1v) is 12.0. The van der Waals surface area contributed by atoms with Crippen molar-refractivity contribution in [3.8, 4) is 11.8 Å². The molecule has 0 saturated carbocycles. The number of nitrogens with one attached hydrogen (secondary N) is 1. The van der Waals surface area contributed by atoms with Gasteiger partial charge < -0.3 is 20.1 Å². The zero-order valence-electron chi connectivity index (χ0n) is 21.5. The molecule has 3 heterocycles. The fraction of sp³-hybridized carbons (Fsp3) is 0.440. The Morgan fingerprint density at radius 1 is 1.15 bits per heavy atom. The SMILES string of the molecule is CC#CCn1c(N2CCNCC2)nc2c1c(=O)n(CCOCc1ccccc1)c(=O)n2C.O=C(O)C(F)(F)F. The minimum absolute atomic E-state index is 0.169. The number of hydrogen-bond donors (Lipinski definition) is 2. The zero-order valence-corrected chi connectivity index (χ0v) is 21.5. The van der Waals surface area contributed by atoms with Crippen molar-refractivity contribution in [2.45, 2.75) is 32.8 Å². The number of ether oxygens (including phenoxy) is 1. The molecule has 1 aromatic carbocycles. The number of alkyl halides is 3. The summed E-state index contributed by atoms with van der Waals surface area (Å²) in [5.74, 6) is 3.85. The lowest BCUT2D eigenvalue weighted by atomic mass is 10.2. The van der Waals surface area contributed by atoms with Gasteiger partial charge in [0, 0.05) is 33.2 Å². The summed E-state index contributed by atoms with van der Waals surface area (Å²) >= 11 is 0. The normalized spacial score (nSPS) is 13.4. The number of aryl methyl sites for hydroxylation is 1. The molecule has 2 aromatic heterocycles. The second-order valence-electron chi connectivity index (χ2n) is 8.47. The van der Waals surface area contributed by atoms with E-state index in [1.54, 1.807) is 14.0 Å². The molecule has 4 rings (SSSR count). The van der Waals surface area contributed by atoms with Crippen LogP contribution in [0.15, 0.2) is 39.9 Å². The van der Waals surface area contributed by atoms with Gasteiger partial charge in [-0.1, -0.05) is 36.3 Å². The summed E-state index contributed by atoms with van der Waals surface area (Å²) in [6.45, 7) is 6.18. The van der Waals surface area contributed by atoms with E-state index >= 15 is 0 Å². The Kier molecular flexibility index (Phi) is 9.91. The van der Waals surface area contributed by atoms with Gasteiger partial charge in [0.1, 0.15) is 0 Å². The molecule has 11 nitrogen and oxygen atoms in total. The number of halogens is 3. The third-order valence-corrected chi connectivity index (χ3v) is 5.84. The summed E-state index contributed by atoms with van der Waals surface area (Å²) in [5.41, 5.74) is 1.06. The molecule has 0 spiro atoms. The number of hydrogen-bond acceptors (Lipinski definition) is 7. The molecule has 0 radical (unpaired) electrons. The van der Waals surface area contributed by atoms with Crippen LogP contribution in [0.25, 0.3) is 11.2 Å². The number of carboxylic acid groups (broad SMARTS) is 1. The van der Waals surface area contributed by atoms with E-state index in [-0.39, 0.29) is 18.7 Å². The van der Waals surface area contributed by atoms with Crippen molar-refractivity contribution in [2.24, 2.45) is 7.05 Å². The minimum atomic E-state index is -5.08. The first-order chi connectivity index (χ1) is 18.6. The van der Waals surface area contributed by atoms with E-state index in [4.69, 9.17) is 19.6 Å². The van der Waals surface area contributed by atoms with E-state index in [0.717, 1.165) is 31.7 Å². The summed E-state index contributed by atoms with van der Waals surface area (Å²) in [4.78, 5) is 42.1. The predicted octanol–water partition coefficient (Wildman–Crippen LogP) is 1.18. The molecule has 0 bridgehead atoms. The molecule has 14 heteroatoms. The van der Waals surface area contributed by atoms with Gasteiger partial charge in [-0.3, -0.25) is 18.5 Å². The van der Waals surface area contributed by atoms with Crippen LogP contribution in [0.2, 0.25) is 0 Å². The zero-order chi connectivity index (χ0) is 28.6. The van der Waals surface area contributed by atoms with E-state index in [0.29, 0.717) is 30.3 Å². The maximum Gasteiger partial charge on any atom is 0.490 e. The van der Waals surface area contributed by atoms with Gasteiger partial charge >= 0.3 is 17.8 Å². The van der Waals surface area contributed by atoms with Crippen LogP contribution in [0.3, 0.4) is 0 Å². The lowest BCUT2D eigenvalue weighted by molar-refractivity contribution is -0.192. The second kappa shape index (κ2) is 13.1. The van der Waals surface area contributed by atoms with Gasteiger partial charge in [0.15, 0.2) is 11.2 Å². The smallest absolute Gasteiger partial charge is 0.475 e. The van der Waals surface area contributed by atoms with Gasteiger partial charge in [0.25, 0.3) is 5.56 Å². The maximum absolute atomic E-state index is 13.4. The van der Waals surface area contributed by atoms with Crippen LogP contribution in [-0.4, -0.2) is 68.7 Å². The Bertz CT molecular complexity index is 1460. The number of imidazole rings is 1. The quantitative estimate of drug-likeness (QED) is 0.332. The van der Waals surface area contributed by atoms with E-state index in [1.165, 1.54) is 9.13 Å². The van der Waals surface area contributed by atoms with Gasteiger partial charge in [-0.15, -0.1) is 5.92 Å². The van der Waals surface area contributed by atoms with Crippen LogP contribution in [0.5, 0.6) is 0 Å². The minimum Gasteiger partial charge on any atom is -0.475 e. The van der Waals surface area contributed by atoms with E-state index in [1.807, 2.05) is 34.9 Å². The van der Waals surface area contributed by atoms with Gasteiger partial charge in [-0.05, 0) is 12.5 Å². The summed E-state index contributed by atoms with van der Waals surface area (Å²) in [7, 11) is 1.65. The highest BCUT2D eigenvalue weighted by atomic mass is 19.4. The Morgan fingerprint density at radius 3 is 2.38 bits per heavy atom. The van der Waals surface area contributed by atoms with Crippen molar-refractivity contribution in [3.05, 3.63) is 56.7 Å². The number of nitrogens with zero attached hydrogens (tertiary/aromatic N) is 5. The predicted molar refractivity (Wildman–Crippen MR) is 138 cm³/mol. The van der Waals surface area contributed by atoms with Gasteiger partial charge in [0.2, 0.25) is 5.95 Å². The maximum atomic E-state index is 13.4. The molecule has 3 aromatic rings. The van der Waals surface area contributed by atoms with Crippen molar-refractivity contribution < 1.29 is 27.8 Å². The molecular weight excluding hydrogens is 521 g/mol. The second-order valence-corrected chi connectivity index (χ2v) is 8.47. The summed E-state index contributed by atoms with van der Waals surface area (Å²) in [5, 5.41) is 10.4. The number of piperazine rings is 1. The Labute approximate surface area is 221 Å². The standard InChI is InChI=1S/C23H28N6O3.C2HF3O2/c1-3-4-12-28-19-20(25-22(28)27-13-10-24-11-14-27)26(2)23(31)29(21(19)30)15-16-32-17-18-8-6-5-7-9-18;3-2(4,5)1(6)7/h5-9,24H,10-17H2,1-2H3;(H,6,7). The largest absolute Gasteiger partial charge is 0.490 e. The molecule has 0 aliphatic carbocycles. The number of carbonyl (C=O) groups is 1. The lowest BCUT2D eigenvalue weighted by Crippen LogP contribution is -2.44.